The third-order valence-corrected chi connectivity index (χ3v) is 4.54. The fourth-order valence-corrected chi connectivity index (χ4v) is 3.14. The number of benzene rings is 2. The molecule has 2 aromatic rings. The van der Waals surface area contributed by atoms with Gasteiger partial charge in [-0.05, 0) is 31.0 Å². The second-order valence-electron chi connectivity index (χ2n) is 6.55. The topological polar surface area (TPSA) is 55.4 Å². The summed E-state index contributed by atoms with van der Waals surface area (Å²) in [6.07, 6.45) is -0.160. The van der Waals surface area contributed by atoms with E-state index in [1.165, 1.54) is 12.1 Å². The molecule has 1 N–H and O–H groups in total. The highest BCUT2D eigenvalue weighted by Gasteiger charge is 2.34. The Morgan fingerprint density at radius 1 is 1.15 bits per heavy atom. The molecule has 1 unspecified atom stereocenters. The van der Waals surface area contributed by atoms with Crippen LogP contribution in [-0.4, -0.2) is 11.9 Å². The van der Waals surface area contributed by atoms with Crippen molar-refractivity contribution < 1.29 is 23.1 Å². The number of ether oxygens (including phenoxy) is 1. The number of hydrogen-bond acceptors (Lipinski definition) is 3. The summed E-state index contributed by atoms with van der Waals surface area (Å²) < 4.78 is 33.3. The third-order valence-electron chi connectivity index (χ3n) is 4.54. The number of hydrogen-bond donors (Lipinski definition) is 1. The SMILES string of the molecule is CC1=C(C(=O)OCc2ccc(C)cc2)C(c2cccc(F)c2F)CC(=O)N1. The van der Waals surface area contributed by atoms with Crippen molar-refractivity contribution in [2.75, 3.05) is 0 Å². The van der Waals surface area contributed by atoms with E-state index in [1.54, 1.807) is 6.92 Å². The van der Waals surface area contributed by atoms with Gasteiger partial charge in [-0.3, -0.25) is 4.79 Å². The van der Waals surface area contributed by atoms with Gasteiger partial charge < -0.3 is 10.1 Å². The number of esters is 1. The van der Waals surface area contributed by atoms with E-state index in [0.29, 0.717) is 0 Å². The zero-order valence-corrected chi connectivity index (χ0v) is 15.0. The molecule has 27 heavy (non-hydrogen) atoms. The van der Waals surface area contributed by atoms with Gasteiger partial charge in [0.25, 0.3) is 0 Å². The molecule has 1 amide bonds. The summed E-state index contributed by atoms with van der Waals surface area (Å²) in [6.45, 7) is 3.54. The van der Waals surface area contributed by atoms with Crippen molar-refractivity contribution in [1.82, 2.24) is 5.32 Å². The Balaban J connectivity index is 1.88. The lowest BCUT2D eigenvalue weighted by Crippen LogP contribution is -2.34. The minimum atomic E-state index is -1.06. The summed E-state index contributed by atoms with van der Waals surface area (Å²) in [7, 11) is 0. The van der Waals surface area contributed by atoms with Gasteiger partial charge in [0.15, 0.2) is 11.6 Å². The molecule has 4 nitrogen and oxygen atoms in total. The predicted molar refractivity (Wildman–Crippen MR) is 95.5 cm³/mol. The van der Waals surface area contributed by atoms with E-state index in [4.69, 9.17) is 4.74 Å². The van der Waals surface area contributed by atoms with Gasteiger partial charge in [-0.1, -0.05) is 42.0 Å². The first-order valence-electron chi connectivity index (χ1n) is 8.54. The molecule has 0 spiro atoms. The van der Waals surface area contributed by atoms with Crippen LogP contribution in [0.25, 0.3) is 0 Å². The number of amides is 1. The first-order valence-corrected chi connectivity index (χ1v) is 8.54. The number of allylic oxidation sites excluding steroid dienone is 1. The Morgan fingerprint density at radius 3 is 2.56 bits per heavy atom. The van der Waals surface area contributed by atoms with Gasteiger partial charge in [-0.15, -0.1) is 0 Å². The lowest BCUT2D eigenvalue weighted by atomic mass is 9.84. The van der Waals surface area contributed by atoms with Crippen molar-refractivity contribution in [3.05, 3.63) is 82.1 Å². The number of rotatable bonds is 4. The fourth-order valence-electron chi connectivity index (χ4n) is 3.14. The Labute approximate surface area is 155 Å². The van der Waals surface area contributed by atoms with Gasteiger partial charge in [0.1, 0.15) is 6.61 Å². The monoisotopic (exact) mass is 371 g/mol. The maximum absolute atomic E-state index is 14.3. The molecule has 140 valence electrons. The highest BCUT2D eigenvalue weighted by molar-refractivity contribution is 5.95. The molecule has 0 bridgehead atoms. The van der Waals surface area contributed by atoms with Crippen molar-refractivity contribution in [3.63, 3.8) is 0 Å². The molecule has 2 aromatic carbocycles. The minimum absolute atomic E-state index is 0.0357. The Kier molecular flexibility index (Phi) is 5.35. The van der Waals surface area contributed by atoms with Gasteiger partial charge in [-0.25, -0.2) is 13.6 Å². The van der Waals surface area contributed by atoms with Gasteiger partial charge in [0, 0.05) is 18.0 Å². The van der Waals surface area contributed by atoms with E-state index in [-0.39, 0.29) is 35.8 Å². The number of carbonyl (C=O) groups is 2. The van der Waals surface area contributed by atoms with Crippen LogP contribution in [0.1, 0.15) is 36.0 Å². The first kappa shape index (κ1) is 18.8. The largest absolute Gasteiger partial charge is 0.457 e. The number of carbonyl (C=O) groups excluding carboxylic acids is 2. The molecule has 0 fully saturated rings. The van der Waals surface area contributed by atoms with Crippen molar-refractivity contribution in [2.24, 2.45) is 0 Å². The predicted octanol–water partition coefficient (Wildman–Crippen LogP) is 3.89. The van der Waals surface area contributed by atoms with E-state index < -0.39 is 23.5 Å². The molecule has 1 heterocycles. The normalized spacial score (nSPS) is 16.9. The number of aryl methyl sites for hydroxylation is 1. The zero-order chi connectivity index (χ0) is 19.6. The molecule has 1 atom stereocenters. The number of nitrogens with one attached hydrogen (secondary N) is 1. The lowest BCUT2D eigenvalue weighted by Gasteiger charge is -2.27. The Morgan fingerprint density at radius 2 is 1.85 bits per heavy atom. The maximum Gasteiger partial charge on any atom is 0.336 e. The van der Waals surface area contributed by atoms with Crippen LogP contribution in [0.3, 0.4) is 0 Å². The maximum atomic E-state index is 14.3. The summed E-state index contributed by atoms with van der Waals surface area (Å²) in [5, 5.41) is 2.57. The van der Waals surface area contributed by atoms with Gasteiger partial charge in [0.2, 0.25) is 5.91 Å². The van der Waals surface area contributed by atoms with Crippen LogP contribution in [0, 0.1) is 18.6 Å². The van der Waals surface area contributed by atoms with E-state index in [1.807, 2.05) is 31.2 Å². The van der Waals surface area contributed by atoms with Crippen molar-refractivity contribution >= 4 is 11.9 Å². The molecular formula is C21H19F2NO3. The van der Waals surface area contributed by atoms with Crippen molar-refractivity contribution in [1.29, 1.82) is 0 Å². The van der Waals surface area contributed by atoms with Crippen LogP contribution < -0.4 is 5.32 Å². The summed E-state index contributed by atoms with van der Waals surface area (Å²) in [6, 6.07) is 11.2. The summed E-state index contributed by atoms with van der Waals surface area (Å²) >= 11 is 0. The van der Waals surface area contributed by atoms with Crippen LogP contribution >= 0.6 is 0 Å². The van der Waals surface area contributed by atoms with E-state index in [0.717, 1.165) is 17.2 Å². The van der Waals surface area contributed by atoms with Crippen LogP contribution in [0.15, 0.2) is 53.7 Å². The van der Waals surface area contributed by atoms with Crippen LogP contribution in [0.4, 0.5) is 8.78 Å². The molecule has 0 aliphatic carbocycles. The van der Waals surface area contributed by atoms with Crippen LogP contribution in [-0.2, 0) is 20.9 Å². The smallest absolute Gasteiger partial charge is 0.336 e. The fraction of sp³-hybridized carbons (Fsp3) is 0.238. The molecule has 3 rings (SSSR count). The van der Waals surface area contributed by atoms with Gasteiger partial charge >= 0.3 is 5.97 Å². The number of halogens is 2. The quantitative estimate of drug-likeness (QED) is 0.830. The molecule has 0 radical (unpaired) electrons. The first-order chi connectivity index (χ1) is 12.9. The Bertz CT molecular complexity index is 920. The zero-order valence-electron chi connectivity index (χ0n) is 15.0. The highest BCUT2D eigenvalue weighted by atomic mass is 19.2. The molecule has 0 saturated heterocycles. The molecular weight excluding hydrogens is 352 g/mol. The summed E-state index contributed by atoms with van der Waals surface area (Å²) in [5.74, 6) is -4.02. The minimum Gasteiger partial charge on any atom is -0.457 e. The molecule has 0 saturated carbocycles. The summed E-state index contributed by atoms with van der Waals surface area (Å²) in [5.41, 5.74) is 2.27. The second-order valence-corrected chi connectivity index (χ2v) is 6.55. The van der Waals surface area contributed by atoms with Crippen LogP contribution in [0.5, 0.6) is 0 Å². The Hall–Kier alpha value is -3.02. The second kappa shape index (κ2) is 7.70. The summed E-state index contributed by atoms with van der Waals surface area (Å²) in [4.78, 5) is 24.6. The van der Waals surface area contributed by atoms with E-state index in [2.05, 4.69) is 5.32 Å². The van der Waals surface area contributed by atoms with Crippen molar-refractivity contribution in [2.45, 2.75) is 32.8 Å². The van der Waals surface area contributed by atoms with E-state index in [9.17, 15) is 18.4 Å². The van der Waals surface area contributed by atoms with Crippen LogP contribution in [0.2, 0.25) is 0 Å². The highest BCUT2D eigenvalue weighted by Crippen LogP contribution is 2.35. The van der Waals surface area contributed by atoms with E-state index >= 15 is 0 Å². The average Bonchev–Trinajstić information content (AvgIpc) is 2.62. The van der Waals surface area contributed by atoms with Crippen molar-refractivity contribution in [3.8, 4) is 0 Å². The van der Waals surface area contributed by atoms with Gasteiger partial charge in [0.05, 0.1) is 5.57 Å². The molecule has 6 heteroatoms. The molecule has 1 aliphatic rings. The lowest BCUT2D eigenvalue weighted by molar-refractivity contribution is -0.141. The molecule has 0 aromatic heterocycles. The average molecular weight is 371 g/mol. The van der Waals surface area contributed by atoms with Gasteiger partial charge in [-0.2, -0.15) is 0 Å². The molecule has 1 aliphatic heterocycles. The third kappa shape index (κ3) is 4.05. The standard InChI is InChI=1S/C21H19F2NO3/c1-12-6-8-14(9-7-12)11-27-21(26)19-13(2)24-18(25)10-16(19)15-4-3-5-17(22)20(15)23/h3-9,16H,10-11H2,1-2H3,(H,24,25).